The van der Waals surface area contributed by atoms with Crippen molar-refractivity contribution in [2.75, 3.05) is 107 Å². The predicted octanol–water partition coefficient (Wildman–Crippen LogP) is 8.71. The van der Waals surface area contributed by atoms with Gasteiger partial charge in [-0.2, -0.15) is 4.98 Å². The first-order valence-corrected chi connectivity index (χ1v) is 24.3. The zero-order chi connectivity index (χ0) is 40.6. The van der Waals surface area contributed by atoms with Gasteiger partial charge in [-0.1, -0.05) is 19.0 Å². The second kappa shape index (κ2) is 19.4. The highest BCUT2D eigenvalue weighted by Crippen LogP contribution is 2.45. The molecule has 12 rings (SSSR count). The maximum Gasteiger partial charge on any atom is 0.224 e. The Kier molecular flexibility index (Phi) is 13.8. The maximum absolute atomic E-state index is 6.43. The van der Waals surface area contributed by atoms with Crippen LogP contribution in [0, 0.1) is 0 Å². The summed E-state index contributed by atoms with van der Waals surface area (Å²) in [6.45, 7) is 12.4. The lowest BCUT2D eigenvalue weighted by Crippen LogP contribution is -2.44. The molecule has 326 valence electrons. The second-order valence-corrected chi connectivity index (χ2v) is 19.0. The Bertz CT molecular complexity index is 2510. The van der Waals surface area contributed by atoms with E-state index in [2.05, 4.69) is 35.0 Å². The van der Waals surface area contributed by atoms with Gasteiger partial charge < -0.3 is 34.2 Å². The molecule has 18 heteroatoms. The lowest BCUT2D eigenvalue weighted by molar-refractivity contribution is 0.122. The van der Waals surface area contributed by atoms with Crippen LogP contribution in [-0.2, 0) is 39.9 Å². The van der Waals surface area contributed by atoms with Gasteiger partial charge in [-0.3, -0.25) is 0 Å². The Hall–Kier alpha value is -2.99. The van der Waals surface area contributed by atoms with Gasteiger partial charge in [0.25, 0.3) is 0 Å². The van der Waals surface area contributed by atoms with E-state index in [4.69, 9.17) is 64.0 Å². The normalized spacial score (nSPS) is 19.3. The number of morpholine rings is 2. The van der Waals surface area contributed by atoms with Crippen LogP contribution in [0.3, 0.4) is 0 Å². The van der Waals surface area contributed by atoms with Crippen molar-refractivity contribution < 1.29 is 14.2 Å². The smallest absolute Gasteiger partial charge is 0.224 e. The van der Waals surface area contributed by atoms with Gasteiger partial charge in [0, 0.05) is 76.3 Å². The molecule has 1 N–H and O–H groups in total. The lowest BCUT2D eigenvalue weighted by Gasteiger charge is -2.31. The van der Waals surface area contributed by atoms with Gasteiger partial charge in [0.05, 0.1) is 46.9 Å². The van der Waals surface area contributed by atoms with Crippen molar-refractivity contribution in [3.63, 3.8) is 0 Å². The van der Waals surface area contributed by atoms with Gasteiger partial charge in [-0.25, -0.2) is 24.9 Å². The van der Waals surface area contributed by atoms with Crippen molar-refractivity contribution >= 4 is 116 Å². The van der Waals surface area contributed by atoms with Gasteiger partial charge in [0.15, 0.2) is 11.0 Å². The highest BCUT2D eigenvalue weighted by atomic mass is 35.5. The minimum atomic E-state index is 0. The predicted molar refractivity (Wildman–Crippen MR) is 252 cm³/mol. The Balaban J connectivity index is 0.000000140. The van der Waals surface area contributed by atoms with E-state index in [0.29, 0.717) is 10.4 Å². The number of fused-ring (bicyclic) bond motifs is 10. The highest BCUT2D eigenvalue weighted by Gasteiger charge is 2.29. The molecule has 13 nitrogen and oxygen atoms in total. The molecule has 0 aromatic carbocycles. The largest absolute Gasteiger partial charge is 0.381 e. The van der Waals surface area contributed by atoms with E-state index in [1.807, 2.05) is 0 Å². The van der Waals surface area contributed by atoms with Crippen molar-refractivity contribution in [3.05, 3.63) is 38.0 Å². The average molecular weight is 928 g/mol. The Labute approximate surface area is 379 Å². The molecule has 61 heavy (non-hydrogen) atoms. The van der Waals surface area contributed by atoms with Crippen molar-refractivity contribution in [2.24, 2.45) is 0 Å². The number of hydrogen-bond acceptors (Lipinski definition) is 15. The quantitative estimate of drug-likeness (QED) is 0.135. The number of anilines is 3. The van der Waals surface area contributed by atoms with E-state index < -0.39 is 0 Å². The highest BCUT2D eigenvalue weighted by molar-refractivity contribution is 7.26. The number of piperazine rings is 1. The van der Waals surface area contributed by atoms with Crippen LogP contribution in [0.25, 0.3) is 40.9 Å². The second-order valence-electron chi connectivity index (χ2n) is 16.0. The molecule has 0 bridgehead atoms. The fraction of sp³-hybridized carbons (Fsp3) is 0.581. The maximum atomic E-state index is 6.43. The van der Waals surface area contributed by atoms with Crippen LogP contribution >= 0.6 is 57.5 Å². The summed E-state index contributed by atoms with van der Waals surface area (Å²) in [5, 5.41) is 6.69. The molecule has 6 aliphatic rings. The fourth-order valence-electron chi connectivity index (χ4n) is 9.39. The first-order valence-electron chi connectivity index (χ1n) is 21.5. The number of hydrogen-bond donors (Lipinski definition) is 1. The molecule has 0 radical (unpaired) electrons. The number of nitrogens with one attached hydrogen (secondary N) is 1. The zero-order valence-electron chi connectivity index (χ0n) is 33.7. The van der Waals surface area contributed by atoms with Gasteiger partial charge in [-0.15, -0.1) is 22.7 Å². The third-order valence-electron chi connectivity index (χ3n) is 12.3. The van der Waals surface area contributed by atoms with Gasteiger partial charge in [0.1, 0.15) is 21.3 Å². The van der Waals surface area contributed by atoms with E-state index in [1.165, 1.54) is 66.2 Å². The van der Waals surface area contributed by atoms with Crippen LogP contribution in [-0.4, -0.2) is 122 Å². The number of nitrogens with zero attached hydrogens (tertiary/aromatic N) is 9. The number of thiophene rings is 2. The van der Waals surface area contributed by atoms with Gasteiger partial charge in [-0.05, 0) is 110 Å². The molecule has 2 aliphatic carbocycles. The van der Waals surface area contributed by atoms with E-state index in [1.54, 1.807) is 22.7 Å². The van der Waals surface area contributed by atoms with Crippen molar-refractivity contribution in [1.29, 1.82) is 0 Å². The first-order chi connectivity index (χ1) is 29.5. The summed E-state index contributed by atoms with van der Waals surface area (Å²) < 4.78 is 18.0. The molecule has 0 unspecified atom stereocenters. The summed E-state index contributed by atoms with van der Waals surface area (Å²) in [6, 6.07) is 0. The summed E-state index contributed by atoms with van der Waals surface area (Å²) >= 11 is 22.1. The minimum Gasteiger partial charge on any atom is -0.381 e. The standard InChI is InChI=1S/C21H25ClN6OS.C17H16Cl2N4OS.C4H8O.CH4/c22-21-24-16-15-13-3-1-2-4-14(13)18(28-9-11-29-12-10-28)25-20(15)30-17(16)19(26-21)27-7-5-23-6-8-27;18-14-13-12(20-17(19)21-14)11-9-3-1-2-4-10(9)15(22-16(11)25-13)23-5-7-24-8-6-23;1-2-4-5-3-1;/h23H,1-12H2;1-8H2;1-4H2;1H4. The first kappa shape index (κ1) is 43.3. The lowest BCUT2D eigenvalue weighted by atomic mass is 9.90. The monoisotopic (exact) mass is 926 g/mol. The van der Waals surface area contributed by atoms with Crippen molar-refractivity contribution in [2.45, 2.75) is 71.6 Å². The number of ether oxygens (including phenoxy) is 3. The molecule has 6 aromatic heterocycles. The molecule has 4 saturated heterocycles. The van der Waals surface area contributed by atoms with E-state index >= 15 is 0 Å². The zero-order valence-corrected chi connectivity index (χ0v) is 37.6. The molecule has 0 spiro atoms. The minimum absolute atomic E-state index is 0. The molecule has 4 fully saturated rings. The third-order valence-corrected chi connectivity index (χ3v) is 15.1. The Morgan fingerprint density at radius 3 is 1.41 bits per heavy atom. The molecular weight excluding hydrogens is 875 g/mol. The fourth-order valence-corrected chi connectivity index (χ4v) is 12.2. The van der Waals surface area contributed by atoms with E-state index in [0.717, 1.165) is 171 Å². The molecular formula is C43H53Cl3N10O3S2. The third kappa shape index (κ3) is 8.80. The molecule has 0 atom stereocenters. The van der Waals surface area contributed by atoms with Crippen LogP contribution < -0.4 is 20.0 Å². The van der Waals surface area contributed by atoms with E-state index in [9.17, 15) is 0 Å². The van der Waals surface area contributed by atoms with Crippen LogP contribution in [0.15, 0.2) is 0 Å². The van der Waals surface area contributed by atoms with E-state index in [-0.39, 0.29) is 12.7 Å². The number of aryl methyl sites for hydroxylation is 2. The van der Waals surface area contributed by atoms with Gasteiger partial charge in [0.2, 0.25) is 10.6 Å². The Morgan fingerprint density at radius 2 is 0.902 bits per heavy atom. The number of pyridine rings is 2. The topological polar surface area (TPSA) is 127 Å². The molecule has 6 aromatic rings. The van der Waals surface area contributed by atoms with Crippen LogP contribution in [0.5, 0.6) is 0 Å². The molecule has 0 amide bonds. The number of rotatable bonds is 3. The molecule has 4 aliphatic heterocycles. The molecule has 10 heterocycles. The van der Waals surface area contributed by atoms with Gasteiger partial charge >= 0.3 is 0 Å². The summed E-state index contributed by atoms with van der Waals surface area (Å²) in [5.41, 5.74) is 7.42. The number of halogens is 3. The summed E-state index contributed by atoms with van der Waals surface area (Å²) in [4.78, 5) is 37.4. The summed E-state index contributed by atoms with van der Waals surface area (Å²) in [7, 11) is 0. The summed E-state index contributed by atoms with van der Waals surface area (Å²) in [6.07, 6.45) is 11.7. The SMILES string of the molecule is C.C1CCOC1.Clc1nc(Cl)c2sc3nc(N4CCOCC4)c4c(c3c2n1)CCCC4.Clc1nc(N2CCNCC2)c2sc3nc(N4CCOCC4)c4c(c3c2n1)CCCC4. The average Bonchev–Trinajstić information content (AvgIpc) is 4.08. The Morgan fingerprint density at radius 1 is 0.459 bits per heavy atom. The van der Waals surface area contributed by atoms with Crippen molar-refractivity contribution in [1.82, 2.24) is 35.2 Å². The van der Waals surface area contributed by atoms with Crippen molar-refractivity contribution in [3.8, 4) is 0 Å². The van der Waals surface area contributed by atoms with Crippen LogP contribution in [0.1, 0.15) is 68.2 Å². The van der Waals surface area contributed by atoms with Crippen LogP contribution in [0.2, 0.25) is 15.7 Å². The summed E-state index contributed by atoms with van der Waals surface area (Å²) in [5.74, 6) is 3.24. The number of aromatic nitrogens is 6. The van der Waals surface area contributed by atoms with Crippen LogP contribution in [0.4, 0.5) is 17.5 Å². The molecule has 0 saturated carbocycles.